The topological polar surface area (TPSA) is 65.0 Å². The first-order valence-corrected chi connectivity index (χ1v) is 11.5. The summed E-state index contributed by atoms with van der Waals surface area (Å²) in [5.74, 6) is 2.58. The summed E-state index contributed by atoms with van der Waals surface area (Å²) in [6.07, 6.45) is 11.9. The molecule has 1 aromatic rings. The number of carbonyl (C=O) groups is 1. The number of hydrogen-bond donors (Lipinski definition) is 2. The molecule has 2 heterocycles. The first-order valence-electron chi connectivity index (χ1n) is 11.5. The minimum Gasteiger partial charge on any atom is -0.395 e. The molecule has 1 amide bonds. The minimum atomic E-state index is -0.255. The van der Waals surface area contributed by atoms with Crippen molar-refractivity contribution in [1.29, 1.82) is 0 Å². The van der Waals surface area contributed by atoms with Crippen LogP contribution in [0.15, 0.2) is 47.7 Å². The summed E-state index contributed by atoms with van der Waals surface area (Å²) in [7, 11) is 0. The summed E-state index contributed by atoms with van der Waals surface area (Å²) in [6.45, 7) is 5.89. The van der Waals surface area contributed by atoms with Gasteiger partial charge in [0.1, 0.15) is 0 Å². The molecule has 0 aromatic heterocycles. The fourth-order valence-corrected chi connectivity index (χ4v) is 4.87. The Kier molecular flexibility index (Phi) is 7.00. The van der Waals surface area contributed by atoms with Gasteiger partial charge < -0.3 is 20.1 Å². The van der Waals surface area contributed by atoms with Crippen LogP contribution >= 0.6 is 0 Å². The fraction of sp³-hybridized carbons (Fsp3) is 0.500. The molecule has 0 bridgehead atoms. The Labute approximate surface area is 190 Å². The van der Waals surface area contributed by atoms with E-state index in [9.17, 15) is 9.90 Å². The lowest BCUT2D eigenvalue weighted by atomic mass is 9.98. The third-order valence-corrected chi connectivity index (χ3v) is 6.78. The molecule has 32 heavy (non-hydrogen) atoms. The molecular formula is C26H33N3O3. The molecule has 2 atom stereocenters. The van der Waals surface area contributed by atoms with Crippen LogP contribution in [0, 0.1) is 19.3 Å². The number of anilines is 1. The van der Waals surface area contributed by atoms with Crippen LogP contribution in [-0.2, 0) is 9.53 Å². The highest BCUT2D eigenvalue weighted by molar-refractivity contribution is 5.78. The highest BCUT2D eigenvalue weighted by Crippen LogP contribution is 2.33. The van der Waals surface area contributed by atoms with E-state index in [0.717, 1.165) is 56.7 Å². The molecule has 6 nitrogen and oxygen atoms in total. The normalized spacial score (nSPS) is 24.6. The van der Waals surface area contributed by atoms with Crippen LogP contribution in [0.1, 0.15) is 31.2 Å². The van der Waals surface area contributed by atoms with Crippen molar-refractivity contribution in [1.82, 2.24) is 10.2 Å². The number of amides is 1. The van der Waals surface area contributed by atoms with Gasteiger partial charge in [-0.2, -0.15) is 0 Å². The molecule has 1 aromatic carbocycles. The van der Waals surface area contributed by atoms with E-state index in [2.05, 4.69) is 52.2 Å². The second-order valence-corrected chi connectivity index (χ2v) is 9.13. The average molecular weight is 436 g/mol. The van der Waals surface area contributed by atoms with Crippen LogP contribution < -0.4 is 10.2 Å². The van der Waals surface area contributed by atoms with Gasteiger partial charge >= 0.3 is 0 Å². The van der Waals surface area contributed by atoms with E-state index >= 15 is 0 Å². The second kappa shape index (κ2) is 9.91. The molecule has 0 radical (unpaired) electrons. The van der Waals surface area contributed by atoms with Gasteiger partial charge in [0, 0.05) is 55.6 Å². The molecule has 4 rings (SSSR count). The fourth-order valence-electron chi connectivity index (χ4n) is 4.87. The van der Waals surface area contributed by atoms with Crippen molar-refractivity contribution in [3.8, 4) is 12.3 Å². The molecule has 2 unspecified atom stereocenters. The number of nitrogens with zero attached hydrogens (tertiary/aromatic N) is 2. The standard InChI is InChI=1S/C26H33N3O3/c1-3-21-6-8-22(9-7-21)27-25(31)16-24(17-30)29-14-15-32-26(19-29)12-13-28(18-26)23-10-4-20(2)5-11-23/h1,4-6,8,10-11,24,30H,7,9,12-19H2,2H3,(H,27,31). The number of benzene rings is 1. The summed E-state index contributed by atoms with van der Waals surface area (Å²) in [5.41, 5.74) is 4.05. The number of aliphatic hydroxyl groups excluding tert-OH is 1. The quantitative estimate of drug-likeness (QED) is 0.672. The predicted octanol–water partition coefficient (Wildman–Crippen LogP) is 2.38. The van der Waals surface area contributed by atoms with E-state index in [0.29, 0.717) is 6.61 Å². The molecule has 2 N–H and O–H groups in total. The van der Waals surface area contributed by atoms with Gasteiger partial charge in [-0.3, -0.25) is 9.69 Å². The average Bonchev–Trinajstić information content (AvgIpc) is 3.21. The zero-order valence-electron chi connectivity index (χ0n) is 18.8. The smallest absolute Gasteiger partial charge is 0.225 e. The van der Waals surface area contributed by atoms with Crippen molar-refractivity contribution in [3.05, 3.63) is 53.3 Å². The lowest BCUT2D eigenvalue weighted by molar-refractivity contribution is -0.128. The summed E-state index contributed by atoms with van der Waals surface area (Å²) < 4.78 is 6.28. The maximum Gasteiger partial charge on any atom is 0.225 e. The number of nitrogens with one attached hydrogen (secondary N) is 1. The van der Waals surface area contributed by atoms with Crippen molar-refractivity contribution < 1.29 is 14.6 Å². The van der Waals surface area contributed by atoms with E-state index < -0.39 is 0 Å². The lowest BCUT2D eigenvalue weighted by Gasteiger charge is -2.43. The van der Waals surface area contributed by atoms with E-state index in [-0.39, 0.29) is 30.6 Å². The number of morpholine rings is 1. The van der Waals surface area contributed by atoms with Crippen molar-refractivity contribution >= 4 is 11.6 Å². The van der Waals surface area contributed by atoms with Gasteiger partial charge in [-0.25, -0.2) is 0 Å². The first-order chi connectivity index (χ1) is 15.5. The number of terminal acetylenes is 1. The zero-order chi connectivity index (χ0) is 22.6. The zero-order valence-corrected chi connectivity index (χ0v) is 18.8. The molecule has 2 fully saturated rings. The molecule has 0 saturated carbocycles. The van der Waals surface area contributed by atoms with Crippen molar-refractivity contribution in [2.45, 2.75) is 44.2 Å². The number of rotatable bonds is 6. The monoisotopic (exact) mass is 435 g/mol. The largest absolute Gasteiger partial charge is 0.395 e. The summed E-state index contributed by atoms with van der Waals surface area (Å²) in [4.78, 5) is 17.3. The predicted molar refractivity (Wildman–Crippen MR) is 126 cm³/mol. The van der Waals surface area contributed by atoms with Crippen LogP contribution in [0.2, 0.25) is 0 Å². The number of allylic oxidation sites excluding steroid dienone is 4. The maximum atomic E-state index is 12.7. The molecule has 3 aliphatic rings. The van der Waals surface area contributed by atoms with Crippen LogP contribution in [0.3, 0.4) is 0 Å². The Morgan fingerprint density at radius 3 is 2.75 bits per heavy atom. The maximum absolute atomic E-state index is 12.7. The Hall–Kier alpha value is -2.59. The Balaban J connectivity index is 1.35. The molecule has 1 aliphatic carbocycles. The number of carbonyl (C=O) groups excluding carboxylic acids is 1. The third kappa shape index (κ3) is 5.24. The number of aryl methyl sites for hydroxylation is 1. The van der Waals surface area contributed by atoms with Crippen LogP contribution in [-0.4, -0.2) is 66.9 Å². The van der Waals surface area contributed by atoms with Gasteiger partial charge in [-0.05, 0) is 50.5 Å². The van der Waals surface area contributed by atoms with E-state index in [1.807, 2.05) is 12.2 Å². The van der Waals surface area contributed by atoms with E-state index in [1.54, 1.807) is 0 Å². The van der Waals surface area contributed by atoms with Gasteiger partial charge in [0.15, 0.2) is 0 Å². The van der Waals surface area contributed by atoms with Crippen molar-refractivity contribution in [3.63, 3.8) is 0 Å². The van der Waals surface area contributed by atoms with Crippen molar-refractivity contribution in [2.75, 3.05) is 44.3 Å². The minimum absolute atomic E-state index is 0.0502. The van der Waals surface area contributed by atoms with Crippen molar-refractivity contribution in [2.24, 2.45) is 0 Å². The highest BCUT2D eigenvalue weighted by atomic mass is 16.5. The third-order valence-electron chi connectivity index (χ3n) is 6.78. The Morgan fingerprint density at radius 1 is 1.25 bits per heavy atom. The molecule has 6 heteroatoms. The van der Waals surface area contributed by atoms with Gasteiger partial charge in [-0.15, -0.1) is 6.42 Å². The summed E-state index contributed by atoms with van der Waals surface area (Å²) in [6, 6.07) is 8.39. The molecule has 170 valence electrons. The highest BCUT2D eigenvalue weighted by Gasteiger charge is 2.44. The Bertz CT molecular complexity index is 931. The second-order valence-electron chi connectivity index (χ2n) is 9.13. The van der Waals surface area contributed by atoms with Gasteiger partial charge in [-0.1, -0.05) is 23.6 Å². The van der Waals surface area contributed by atoms with Crippen LogP contribution in [0.4, 0.5) is 5.69 Å². The van der Waals surface area contributed by atoms with Gasteiger partial charge in [0.25, 0.3) is 0 Å². The van der Waals surface area contributed by atoms with E-state index in [4.69, 9.17) is 11.2 Å². The molecule has 2 aliphatic heterocycles. The molecule has 1 spiro atoms. The summed E-state index contributed by atoms with van der Waals surface area (Å²) >= 11 is 0. The Morgan fingerprint density at radius 2 is 2.06 bits per heavy atom. The number of hydrogen-bond acceptors (Lipinski definition) is 5. The van der Waals surface area contributed by atoms with E-state index in [1.165, 1.54) is 11.3 Å². The van der Waals surface area contributed by atoms with Crippen LogP contribution in [0.5, 0.6) is 0 Å². The lowest BCUT2D eigenvalue weighted by Crippen LogP contribution is -2.57. The number of aliphatic hydroxyl groups is 1. The SMILES string of the molecule is C#CC1=CC=C(NC(=O)CC(CO)N2CCOC3(CCN(c4ccc(C)cc4)C3)C2)CC1. The van der Waals surface area contributed by atoms with Crippen LogP contribution in [0.25, 0.3) is 0 Å². The molecular weight excluding hydrogens is 402 g/mol. The summed E-state index contributed by atoms with van der Waals surface area (Å²) in [5, 5.41) is 13.1. The van der Waals surface area contributed by atoms with Gasteiger partial charge in [0.05, 0.1) is 18.8 Å². The first kappa shape index (κ1) is 22.6. The number of ether oxygens (including phenoxy) is 1. The van der Waals surface area contributed by atoms with Gasteiger partial charge in [0.2, 0.25) is 5.91 Å². The molecule has 2 saturated heterocycles.